The summed E-state index contributed by atoms with van der Waals surface area (Å²) in [5.74, 6) is 2.62. The Morgan fingerprint density at radius 3 is 3.00 bits per heavy atom. The van der Waals surface area contributed by atoms with Crippen LogP contribution in [0.25, 0.3) is 0 Å². The topological polar surface area (TPSA) is 71.0 Å². The molecule has 0 spiro atoms. The number of nitrogens with one attached hydrogen (secondary N) is 2. The molecule has 1 saturated heterocycles. The van der Waals surface area contributed by atoms with E-state index in [-0.39, 0.29) is 41.9 Å². The first-order chi connectivity index (χ1) is 15.1. The Morgan fingerprint density at radius 1 is 1.41 bits per heavy atom. The average molecular weight is 555 g/mol. The van der Waals surface area contributed by atoms with E-state index in [1.54, 1.807) is 19.3 Å². The number of nitrogens with zero attached hydrogens (tertiary/aromatic N) is 3. The minimum Gasteiger partial charge on any atom is -0.494 e. The minimum absolute atomic E-state index is 0. The molecule has 2 N–H and O–H groups in total. The quantitative estimate of drug-likeness (QED) is 0.323. The van der Waals surface area contributed by atoms with E-state index < -0.39 is 0 Å². The second kappa shape index (κ2) is 11.0. The van der Waals surface area contributed by atoms with E-state index in [9.17, 15) is 4.39 Å². The van der Waals surface area contributed by atoms with Gasteiger partial charge < -0.3 is 25.0 Å². The zero-order chi connectivity index (χ0) is 21.8. The van der Waals surface area contributed by atoms with Crippen molar-refractivity contribution in [1.82, 2.24) is 15.6 Å². The molecule has 1 aromatic heterocycles. The van der Waals surface area contributed by atoms with Crippen LogP contribution in [-0.4, -0.2) is 49.8 Å². The monoisotopic (exact) mass is 555 g/mol. The van der Waals surface area contributed by atoms with Gasteiger partial charge in [-0.15, -0.1) is 24.0 Å². The van der Waals surface area contributed by atoms with Gasteiger partial charge in [0.2, 0.25) is 0 Å². The van der Waals surface area contributed by atoms with Crippen LogP contribution in [0.15, 0.2) is 35.5 Å². The highest BCUT2D eigenvalue weighted by molar-refractivity contribution is 14.0. The summed E-state index contributed by atoms with van der Waals surface area (Å²) in [5, 5.41) is 6.82. The molecule has 32 heavy (non-hydrogen) atoms. The molecule has 0 bridgehead atoms. The number of hydrogen-bond acceptors (Lipinski definition) is 5. The number of halogens is 2. The Morgan fingerprint density at radius 2 is 2.25 bits per heavy atom. The number of fused-ring (bicyclic) bond motifs is 1. The van der Waals surface area contributed by atoms with E-state index in [1.807, 2.05) is 11.8 Å². The molecule has 2 aromatic rings. The zero-order valence-electron chi connectivity index (χ0n) is 18.7. The SMILES string of the molecule is CCOc1cc2c(cc1CNC(=NC)NC1CCN(c3ncccc3F)C1)OC(C)C2.I. The van der Waals surface area contributed by atoms with Gasteiger partial charge in [0.05, 0.1) is 6.61 Å². The molecule has 1 aromatic carbocycles. The summed E-state index contributed by atoms with van der Waals surface area (Å²) >= 11 is 0. The second-order valence-corrected chi connectivity index (χ2v) is 7.94. The number of aliphatic imine (C=N–C) groups is 1. The molecule has 2 unspecified atom stereocenters. The molecule has 3 heterocycles. The van der Waals surface area contributed by atoms with Gasteiger partial charge in [-0.3, -0.25) is 4.99 Å². The van der Waals surface area contributed by atoms with Crippen molar-refractivity contribution in [2.45, 2.75) is 45.4 Å². The van der Waals surface area contributed by atoms with Crippen LogP contribution < -0.4 is 25.0 Å². The van der Waals surface area contributed by atoms with Crippen LogP contribution in [0.2, 0.25) is 0 Å². The fourth-order valence-corrected chi connectivity index (χ4v) is 4.16. The lowest BCUT2D eigenvalue weighted by molar-refractivity contribution is 0.254. The van der Waals surface area contributed by atoms with Crippen LogP contribution in [0.4, 0.5) is 10.2 Å². The molecule has 7 nitrogen and oxygen atoms in total. The highest BCUT2D eigenvalue weighted by Crippen LogP contribution is 2.35. The first-order valence-corrected chi connectivity index (χ1v) is 10.8. The summed E-state index contributed by atoms with van der Waals surface area (Å²) in [4.78, 5) is 10.5. The summed E-state index contributed by atoms with van der Waals surface area (Å²) in [6, 6.07) is 7.36. The molecule has 0 aliphatic carbocycles. The molecule has 0 radical (unpaired) electrons. The largest absolute Gasteiger partial charge is 0.494 e. The van der Waals surface area contributed by atoms with Crippen molar-refractivity contribution in [3.63, 3.8) is 0 Å². The van der Waals surface area contributed by atoms with E-state index in [4.69, 9.17) is 9.47 Å². The third kappa shape index (κ3) is 5.54. The van der Waals surface area contributed by atoms with Gasteiger partial charge in [-0.25, -0.2) is 9.37 Å². The van der Waals surface area contributed by atoms with Crippen LogP contribution >= 0.6 is 24.0 Å². The lowest BCUT2D eigenvalue weighted by atomic mass is 10.1. The maximum atomic E-state index is 14.0. The van der Waals surface area contributed by atoms with Crippen LogP contribution in [0.5, 0.6) is 11.5 Å². The van der Waals surface area contributed by atoms with Crippen LogP contribution in [0.1, 0.15) is 31.4 Å². The van der Waals surface area contributed by atoms with Gasteiger partial charge in [0.15, 0.2) is 17.6 Å². The minimum atomic E-state index is -0.290. The fourth-order valence-electron chi connectivity index (χ4n) is 4.16. The van der Waals surface area contributed by atoms with Gasteiger partial charge >= 0.3 is 0 Å². The van der Waals surface area contributed by atoms with Crippen molar-refractivity contribution < 1.29 is 13.9 Å². The van der Waals surface area contributed by atoms with Crippen molar-refractivity contribution in [2.75, 3.05) is 31.6 Å². The average Bonchev–Trinajstić information content (AvgIpc) is 3.36. The van der Waals surface area contributed by atoms with E-state index >= 15 is 0 Å². The van der Waals surface area contributed by atoms with Crippen molar-refractivity contribution in [1.29, 1.82) is 0 Å². The second-order valence-electron chi connectivity index (χ2n) is 7.94. The molecule has 0 amide bonds. The Balaban J connectivity index is 0.00000289. The number of guanidine groups is 1. The molecular formula is C23H31FIN5O2. The van der Waals surface area contributed by atoms with Gasteiger partial charge in [-0.2, -0.15) is 0 Å². The molecule has 2 atom stereocenters. The van der Waals surface area contributed by atoms with Gasteiger partial charge in [-0.05, 0) is 44.5 Å². The van der Waals surface area contributed by atoms with E-state index in [0.29, 0.717) is 31.5 Å². The number of hydrogen-bond donors (Lipinski definition) is 2. The molecule has 2 aliphatic heterocycles. The first kappa shape index (κ1) is 24.3. The summed E-state index contributed by atoms with van der Waals surface area (Å²) in [7, 11) is 1.75. The van der Waals surface area contributed by atoms with Crippen LogP contribution in [-0.2, 0) is 13.0 Å². The predicted molar refractivity (Wildman–Crippen MR) is 135 cm³/mol. The summed E-state index contributed by atoms with van der Waals surface area (Å²) in [6.45, 7) is 6.65. The maximum Gasteiger partial charge on any atom is 0.191 e. The molecule has 0 saturated carbocycles. The number of rotatable bonds is 6. The lowest BCUT2D eigenvalue weighted by Gasteiger charge is -2.20. The molecule has 174 valence electrons. The number of pyridine rings is 1. The Labute approximate surface area is 205 Å². The number of ether oxygens (including phenoxy) is 2. The zero-order valence-corrected chi connectivity index (χ0v) is 21.1. The van der Waals surface area contributed by atoms with Crippen molar-refractivity contribution in [3.05, 3.63) is 47.4 Å². The van der Waals surface area contributed by atoms with Crippen LogP contribution in [0.3, 0.4) is 0 Å². The fraction of sp³-hybridized carbons (Fsp3) is 0.478. The highest BCUT2D eigenvalue weighted by Gasteiger charge is 2.26. The van der Waals surface area contributed by atoms with E-state index in [1.165, 1.54) is 11.6 Å². The van der Waals surface area contributed by atoms with E-state index in [2.05, 4.69) is 39.7 Å². The smallest absolute Gasteiger partial charge is 0.191 e. The Kier molecular flexibility index (Phi) is 8.38. The van der Waals surface area contributed by atoms with Crippen LogP contribution in [0, 0.1) is 5.82 Å². The molecule has 2 aliphatic rings. The van der Waals surface area contributed by atoms with Gasteiger partial charge in [0.1, 0.15) is 17.6 Å². The third-order valence-corrected chi connectivity index (χ3v) is 5.62. The number of benzene rings is 1. The molecular weight excluding hydrogens is 524 g/mol. The van der Waals surface area contributed by atoms with Gasteiger partial charge in [0.25, 0.3) is 0 Å². The normalized spacial score (nSPS) is 19.8. The maximum absolute atomic E-state index is 14.0. The molecule has 4 rings (SSSR count). The molecule has 1 fully saturated rings. The molecule has 9 heteroatoms. The van der Waals surface area contributed by atoms with Gasteiger partial charge in [0, 0.05) is 56.5 Å². The standard InChI is InChI=1S/C23H30FN5O2.HI/c1-4-30-20-11-16-10-15(2)31-21(16)12-17(20)13-27-23(25-3)28-18-7-9-29(14-18)22-19(24)6-5-8-26-22;/h5-6,8,11-12,15,18H,4,7,9-10,13-14H2,1-3H3,(H2,25,27,28);1H. The summed E-state index contributed by atoms with van der Waals surface area (Å²) in [6.07, 6.45) is 3.60. The summed E-state index contributed by atoms with van der Waals surface area (Å²) < 4.78 is 25.8. The Bertz CT molecular complexity index is 958. The first-order valence-electron chi connectivity index (χ1n) is 10.8. The third-order valence-electron chi connectivity index (χ3n) is 5.62. The lowest BCUT2D eigenvalue weighted by Crippen LogP contribution is -2.44. The van der Waals surface area contributed by atoms with Crippen molar-refractivity contribution in [3.8, 4) is 11.5 Å². The van der Waals surface area contributed by atoms with Crippen molar-refractivity contribution >= 4 is 35.8 Å². The number of anilines is 1. The van der Waals surface area contributed by atoms with Crippen molar-refractivity contribution in [2.24, 2.45) is 4.99 Å². The Hall–Kier alpha value is -2.30. The highest BCUT2D eigenvalue weighted by atomic mass is 127. The summed E-state index contributed by atoms with van der Waals surface area (Å²) in [5.41, 5.74) is 2.22. The number of aromatic nitrogens is 1. The predicted octanol–water partition coefficient (Wildman–Crippen LogP) is 3.50. The van der Waals surface area contributed by atoms with Gasteiger partial charge in [-0.1, -0.05) is 0 Å². The van der Waals surface area contributed by atoms with E-state index in [0.717, 1.165) is 36.4 Å².